The van der Waals surface area contributed by atoms with Gasteiger partial charge in [0.1, 0.15) is 11.4 Å². The average molecular weight is 336 g/mol. The molecule has 1 aliphatic rings. The number of cyclic esters (lactones) is 1. The van der Waals surface area contributed by atoms with Crippen molar-refractivity contribution in [2.45, 2.75) is 77.9 Å². The van der Waals surface area contributed by atoms with E-state index in [4.69, 9.17) is 4.74 Å². The van der Waals surface area contributed by atoms with Crippen LogP contribution in [0.1, 0.15) is 66.7 Å². The Bertz CT molecular complexity index is 502. The number of ketones is 1. The number of carbonyl (C=O) groups excluding carboxylic acids is 2. The molecule has 0 amide bonds. The Hall–Kier alpha value is -1.42. The summed E-state index contributed by atoms with van der Waals surface area (Å²) in [6.07, 6.45) is 10.6. The normalized spacial score (nSPS) is 25.4. The molecule has 0 saturated carbocycles. The third kappa shape index (κ3) is 7.43. The highest BCUT2D eigenvalue weighted by Crippen LogP contribution is 2.28. The fourth-order valence-corrected chi connectivity index (χ4v) is 2.80. The lowest BCUT2D eigenvalue weighted by molar-refractivity contribution is -0.144. The topological polar surface area (TPSA) is 63.6 Å². The highest BCUT2D eigenvalue weighted by atomic mass is 16.6. The van der Waals surface area contributed by atoms with Crippen LogP contribution in [0.4, 0.5) is 0 Å². The molecule has 1 heterocycles. The molecule has 1 fully saturated rings. The van der Waals surface area contributed by atoms with Gasteiger partial charge in [-0.25, -0.2) is 0 Å². The molecule has 4 heteroatoms. The maximum absolute atomic E-state index is 11.2. The predicted molar refractivity (Wildman–Crippen MR) is 95.5 cm³/mol. The lowest BCUT2D eigenvalue weighted by atomic mass is 9.88. The summed E-state index contributed by atoms with van der Waals surface area (Å²) >= 11 is 0. The Labute approximate surface area is 146 Å². The molecular weight excluding hydrogens is 304 g/mol. The van der Waals surface area contributed by atoms with Gasteiger partial charge in [0.15, 0.2) is 0 Å². The Balaban J connectivity index is 2.59. The van der Waals surface area contributed by atoms with Gasteiger partial charge >= 0.3 is 5.97 Å². The van der Waals surface area contributed by atoms with E-state index in [-0.39, 0.29) is 17.7 Å². The first-order valence-electron chi connectivity index (χ1n) is 8.84. The van der Waals surface area contributed by atoms with Crippen LogP contribution in [-0.4, -0.2) is 28.1 Å². The fraction of sp³-hybridized carbons (Fsp3) is 0.700. The zero-order valence-electron chi connectivity index (χ0n) is 15.7. The van der Waals surface area contributed by atoms with Gasteiger partial charge in [-0.2, -0.15) is 0 Å². The van der Waals surface area contributed by atoms with E-state index in [1.54, 1.807) is 13.8 Å². The number of rotatable bonds is 9. The number of aliphatic hydroxyl groups is 1. The van der Waals surface area contributed by atoms with Gasteiger partial charge in [-0.3, -0.25) is 4.79 Å². The van der Waals surface area contributed by atoms with Gasteiger partial charge in [-0.1, -0.05) is 32.1 Å². The molecule has 4 nitrogen and oxygen atoms in total. The summed E-state index contributed by atoms with van der Waals surface area (Å²) in [6.45, 7) is 9.51. The number of hydrogen-bond donors (Lipinski definition) is 1. The van der Waals surface area contributed by atoms with Gasteiger partial charge in [0, 0.05) is 19.3 Å². The largest absolute Gasteiger partial charge is 0.455 e. The molecule has 1 saturated heterocycles. The van der Waals surface area contributed by atoms with Crippen LogP contribution < -0.4 is 0 Å². The summed E-state index contributed by atoms with van der Waals surface area (Å²) in [5.74, 6) is 0.726. The Morgan fingerprint density at radius 2 is 2.12 bits per heavy atom. The van der Waals surface area contributed by atoms with E-state index in [9.17, 15) is 14.7 Å². The van der Waals surface area contributed by atoms with Crippen molar-refractivity contribution in [2.75, 3.05) is 0 Å². The van der Waals surface area contributed by atoms with Gasteiger partial charge in [0.05, 0.1) is 5.60 Å². The molecule has 3 atom stereocenters. The quantitative estimate of drug-likeness (QED) is 0.511. The smallest absolute Gasteiger partial charge is 0.306 e. The molecule has 0 unspecified atom stereocenters. The molecule has 0 spiro atoms. The second-order valence-electron chi connectivity index (χ2n) is 7.76. The monoisotopic (exact) mass is 336 g/mol. The van der Waals surface area contributed by atoms with Gasteiger partial charge < -0.3 is 14.6 Å². The van der Waals surface area contributed by atoms with Crippen LogP contribution in [0.5, 0.6) is 0 Å². The standard InChI is InChI=1S/C20H32O4/c1-15(2)17(8-7-16(3)21)9-13-19(4,23)11-6-12-20(5)14-10-18(22)24-20/h6,9,12-13,15,17,23H,7-8,10-11,14H2,1-5H3/b12-6+,13-9+/t17-,19+,20-/m1/s1. The number of ether oxygens (including phenoxy) is 1. The molecular formula is C20H32O4. The summed E-state index contributed by atoms with van der Waals surface area (Å²) in [5, 5.41) is 10.5. The zero-order valence-corrected chi connectivity index (χ0v) is 15.7. The van der Waals surface area contributed by atoms with E-state index in [0.29, 0.717) is 31.6 Å². The summed E-state index contributed by atoms with van der Waals surface area (Å²) < 4.78 is 5.29. The molecule has 0 aromatic rings. The number of allylic oxidation sites excluding steroid dienone is 1. The van der Waals surface area contributed by atoms with Crippen molar-refractivity contribution in [3.8, 4) is 0 Å². The summed E-state index contributed by atoms with van der Waals surface area (Å²) in [5.41, 5.74) is -1.50. The number of esters is 1. The van der Waals surface area contributed by atoms with Crippen LogP contribution >= 0.6 is 0 Å². The van der Waals surface area contributed by atoms with Crippen LogP contribution in [0.15, 0.2) is 24.3 Å². The average Bonchev–Trinajstić information content (AvgIpc) is 2.77. The van der Waals surface area contributed by atoms with Crippen LogP contribution in [0.3, 0.4) is 0 Å². The lowest BCUT2D eigenvalue weighted by Crippen LogP contribution is -2.23. The van der Waals surface area contributed by atoms with Crippen LogP contribution in [0.2, 0.25) is 0 Å². The van der Waals surface area contributed by atoms with Crippen LogP contribution in [0.25, 0.3) is 0 Å². The third-order valence-electron chi connectivity index (χ3n) is 4.56. The summed E-state index contributed by atoms with van der Waals surface area (Å²) in [4.78, 5) is 22.4. The van der Waals surface area contributed by atoms with E-state index in [1.165, 1.54) is 0 Å². The molecule has 1 rings (SSSR count). The highest BCUT2D eigenvalue weighted by Gasteiger charge is 2.33. The minimum atomic E-state index is -0.959. The van der Waals surface area contributed by atoms with Crippen molar-refractivity contribution in [1.29, 1.82) is 0 Å². The predicted octanol–water partition coefficient (Wildman–Crippen LogP) is 3.98. The van der Waals surface area contributed by atoms with E-state index >= 15 is 0 Å². The maximum Gasteiger partial charge on any atom is 0.306 e. The number of Topliss-reactive ketones (excluding diaryl/α,β-unsaturated/α-hetero) is 1. The van der Waals surface area contributed by atoms with E-state index in [1.807, 2.05) is 31.2 Å². The molecule has 136 valence electrons. The Morgan fingerprint density at radius 1 is 1.46 bits per heavy atom. The Kier molecular flexibility index (Phi) is 7.40. The number of hydrogen-bond acceptors (Lipinski definition) is 4. The van der Waals surface area contributed by atoms with Crippen molar-refractivity contribution < 1.29 is 19.4 Å². The van der Waals surface area contributed by atoms with Gasteiger partial charge in [0.25, 0.3) is 0 Å². The SMILES string of the molecule is CC(=O)CC[C@H](/C=C/[C@@](C)(O)C/C=C/[C@]1(C)CCC(=O)O1)C(C)C. The summed E-state index contributed by atoms with van der Waals surface area (Å²) in [7, 11) is 0. The lowest BCUT2D eigenvalue weighted by Gasteiger charge is -2.22. The summed E-state index contributed by atoms with van der Waals surface area (Å²) in [6, 6.07) is 0. The minimum Gasteiger partial charge on any atom is -0.455 e. The first kappa shape index (κ1) is 20.6. The molecule has 0 aliphatic carbocycles. The maximum atomic E-state index is 11.2. The molecule has 0 radical (unpaired) electrons. The molecule has 1 aliphatic heterocycles. The van der Waals surface area contributed by atoms with Crippen molar-refractivity contribution in [3.05, 3.63) is 24.3 Å². The minimum absolute atomic E-state index is 0.168. The van der Waals surface area contributed by atoms with Gasteiger partial charge in [-0.05, 0) is 51.5 Å². The molecule has 0 aromatic carbocycles. The van der Waals surface area contributed by atoms with Crippen molar-refractivity contribution >= 4 is 11.8 Å². The second kappa shape index (κ2) is 8.61. The zero-order chi connectivity index (χ0) is 18.4. The third-order valence-corrected chi connectivity index (χ3v) is 4.56. The number of carbonyl (C=O) groups is 2. The van der Waals surface area contributed by atoms with E-state index < -0.39 is 11.2 Å². The van der Waals surface area contributed by atoms with Crippen molar-refractivity contribution in [1.82, 2.24) is 0 Å². The first-order chi connectivity index (χ1) is 11.0. The second-order valence-corrected chi connectivity index (χ2v) is 7.76. The van der Waals surface area contributed by atoms with E-state index in [0.717, 1.165) is 6.42 Å². The molecule has 24 heavy (non-hydrogen) atoms. The highest BCUT2D eigenvalue weighted by molar-refractivity contribution is 5.75. The van der Waals surface area contributed by atoms with Crippen LogP contribution in [0, 0.1) is 11.8 Å². The fourth-order valence-electron chi connectivity index (χ4n) is 2.80. The van der Waals surface area contributed by atoms with Gasteiger partial charge in [0.2, 0.25) is 0 Å². The molecule has 1 N–H and O–H groups in total. The first-order valence-corrected chi connectivity index (χ1v) is 8.84. The van der Waals surface area contributed by atoms with E-state index in [2.05, 4.69) is 13.8 Å². The van der Waals surface area contributed by atoms with Crippen molar-refractivity contribution in [2.24, 2.45) is 11.8 Å². The van der Waals surface area contributed by atoms with Crippen molar-refractivity contribution in [3.63, 3.8) is 0 Å². The van der Waals surface area contributed by atoms with Crippen LogP contribution in [-0.2, 0) is 14.3 Å². The van der Waals surface area contributed by atoms with Gasteiger partial charge in [-0.15, -0.1) is 0 Å². The molecule has 0 bridgehead atoms. The molecule has 0 aromatic heterocycles. The Morgan fingerprint density at radius 3 is 2.62 bits per heavy atom.